The Bertz CT molecular complexity index is 1060. The molecule has 0 bridgehead atoms. The number of aromatic amines is 1. The number of H-pyrrole nitrogens is 1. The zero-order valence-electron chi connectivity index (χ0n) is 18.1. The second-order valence-corrected chi connectivity index (χ2v) is 8.06. The highest BCUT2D eigenvalue weighted by Gasteiger charge is 2.39. The summed E-state index contributed by atoms with van der Waals surface area (Å²) in [5, 5.41) is 20.1. The molecule has 1 aromatic heterocycles. The largest absolute Gasteiger partial charge is 0.480 e. The Kier molecular flexibility index (Phi) is 7.56. The highest BCUT2D eigenvalue weighted by Crippen LogP contribution is 2.33. The van der Waals surface area contributed by atoms with Gasteiger partial charge in [0.05, 0.1) is 29.6 Å². The van der Waals surface area contributed by atoms with Crippen LogP contribution in [-0.2, 0) is 0 Å². The van der Waals surface area contributed by atoms with Crippen LogP contribution in [0.4, 0.5) is 33.7 Å². The maximum Gasteiger partial charge on any atom is 0.425 e. The molecule has 14 heteroatoms. The molecule has 3 amide bonds. The predicted molar refractivity (Wildman–Crippen MR) is 115 cm³/mol. The van der Waals surface area contributed by atoms with E-state index in [9.17, 15) is 32.3 Å². The van der Waals surface area contributed by atoms with Crippen molar-refractivity contribution in [1.82, 2.24) is 15.1 Å². The molecule has 1 aromatic carbocycles. The quantitative estimate of drug-likeness (QED) is 0.439. The van der Waals surface area contributed by atoms with Crippen LogP contribution in [0.3, 0.4) is 0 Å². The summed E-state index contributed by atoms with van der Waals surface area (Å²) >= 11 is 5.88. The van der Waals surface area contributed by atoms with Crippen molar-refractivity contribution in [1.29, 1.82) is 0 Å². The number of carbonyl (C=O) groups excluding carboxylic acids is 2. The standard InChI is InChI=1S/C20H22ClF4N5O4/c1-9-16(17(21)29-28-9)27-18(32)12-6-13(22)14(7-15(12)34-10(2)20(23,24)25)26-19(33)30-5-3-4-11(30)8-31/h6-7,10-11,31H,3-5,8H2,1-2H3,(H,26,33)(H,27,32)(H,28,29)/t10?,11-/m1/s1. The van der Waals surface area contributed by atoms with Gasteiger partial charge in [0, 0.05) is 12.6 Å². The third-order valence-corrected chi connectivity index (χ3v) is 5.58. The van der Waals surface area contributed by atoms with Crippen molar-refractivity contribution in [2.24, 2.45) is 0 Å². The van der Waals surface area contributed by atoms with Gasteiger partial charge in [-0.3, -0.25) is 9.89 Å². The molecule has 0 spiro atoms. The number of benzene rings is 1. The van der Waals surface area contributed by atoms with Crippen molar-refractivity contribution < 1.29 is 37.0 Å². The number of hydrogen-bond acceptors (Lipinski definition) is 5. The number of aromatic nitrogens is 2. The summed E-state index contributed by atoms with van der Waals surface area (Å²) < 4.78 is 59.2. The summed E-state index contributed by atoms with van der Waals surface area (Å²) in [6.07, 6.45) is -5.93. The van der Waals surface area contributed by atoms with Crippen molar-refractivity contribution in [3.8, 4) is 5.75 Å². The number of hydrogen-bond donors (Lipinski definition) is 4. The van der Waals surface area contributed by atoms with Crippen LogP contribution in [0.25, 0.3) is 0 Å². The van der Waals surface area contributed by atoms with E-state index < -0.39 is 53.1 Å². The number of nitrogens with zero attached hydrogens (tertiary/aromatic N) is 2. The Hall–Kier alpha value is -3.06. The van der Waals surface area contributed by atoms with Crippen molar-refractivity contribution in [3.63, 3.8) is 0 Å². The fourth-order valence-corrected chi connectivity index (χ4v) is 3.62. The number of aryl methyl sites for hydroxylation is 1. The number of nitrogens with one attached hydrogen (secondary N) is 3. The smallest absolute Gasteiger partial charge is 0.425 e. The Morgan fingerprint density at radius 3 is 2.68 bits per heavy atom. The minimum Gasteiger partial charge on any atom is -0.480 e. The number of amides is 3. The SMILES string of the molecule is Cc1[nH]nc(Cl)c1NC(=O)c1cc(F)c(NC(=O)N2CCC[C@@H]2CO)cc1OC(C)C(F)(F)F. The van der Waals surface area contributed by atoms with Gasteiger partial charge in [0.15, 0.2) is 11.3 Å². The zero-order chi connectivity index (χ0) is 25.2. The molecule has 34 heavy (non-hydrogen) atoms. The van der Waals surface area contributed by atoms with E-state index in [0.717, 1.165) is 13.0 Å². The highest BCUT2D eigenvalue weighted by molar-refractivity contribution is 6.33. The fraction of sp³-hybridized carbons (Fsp3) is 0.450. The fourth-order valence-electron chi connectivity index (χ4n) is 3.39. The zero-order valence-corrected chi connectivity index (χ0v) is 18.8. The van der Waals surface area contributed by atoms with E-state index in [4.69, 9.17) is 16.3 Å². The van der Waals surface area contributed by atoms with E-state index in [2.05, 4.69) is 20.8 Å². The Morgan fingerprint density at radius 2 is 2.09 bits per heavy atom. The number of aliphatic hydroxyl groups is 1. The normalized spacial score (nSPS) is 16.9. The maximum absolute atomic E-state index is 14.8. The molecule has 0 radical (unpaired) electrons. The van der Waals surface area contributed by atoms with Gasteiger partial charge in [-0.25, -0.2) is 9.18 Å². The summed E-state index contributed by atoms with van der Waals surface area (Å²) in [5.41, 5.74) is -0.633. The van der Waals surface area contributed by atoms with Gasteiger partial charge in [-0.05, 0) is 32.8 Å². The molecule has 2 heterocycles. The average Bonchev–Trinajstić information content (AvgIpc) is 3.37. The van der Waals surface area contributed by atoms with Gasteiger partial charge in [0.1, 0.15) is 17.3 Å². The number of aliphatic hydroxyl groups excluding tert-OH is 1. The monoisotopic (exact) mass is 507 g/mol. The molecule has 1 fully saturated rings. The minimum atomic E-state index is -4.78. The van der Waals surface area contributed by atoms with E-state index in [1.165, 1.54) is 11.8 Å². The Morgan fingerprint density at radius 1 is 1.38 bits per heavy atom. The number of anilines is 2. The van der Waals surface area contributed by atoms with E-state index in [1.807, 2.05) is 0 Å². The van der Waals surface area contributed by atoms with Gasteiger partial charge < -0.3 is 25.4 Å². The van der Waals surface area contributed by atoms with Crippen LogP contribution in [0.5, 0.6) is 5.75 Å². The third kappa shape index (κ3) is 5.53. The Labute approximate surface area is 196 Å². The number of likely N-dealkylation sites (tertiary alicyclic amines) is 1. The lowest BCUT2D eigenvalue weighted by molar-refractivity contribution is -0.189. The third-order valence-electron chi connectivity index (χ3n) is 5.31. The van der Waals surface area contributed by atoms with Gasteiger partial charge in [-0.15, -0.1) is 0 Å². The first-order valence-electron chi connectivity index (χ1n) is 10.2. The predicted octanol–water partition coefficient (Wildman–Crippen LogP) is 4.08. The molecule has 3 rings (SSSR count). The molecule has 4 N–H and O–H groups in total. The molecule has 0 aliphatic carbocycles. The van der Waals surface area contributed by atoms with Crippen LogP contribution in [0.2, 0.25) is 5.15 Å². The van der Waals surface area contributed by atoms with Crippen LogP contribution in [-0.4, -0.2) is 63.6 Å². The molecular weight excluding hydrogens is 486 g/mol. The summed E-state index contributed by atoms with van der Waals surface area (Å²) in [6, 6.07) is 0.249. The Balaban J connectivity index is 1.94. The number of urea groups is 1. The van der Waals surface area contributed by atoms with Gasteiger partial charge in [-0.2, -0.15) is 18.3 Å². The molecule has 1 unspecified atom stereocenters. The van der Waals surface area contributed by atoms with Crippen molar-refractivity contribution in [2.45, 2.75) is 45.0 Å². The summed E-state index contributed by atoms with van der Waals surface area (Å²) in [7, 11) is 0. The van der Waals surface area contributed by atoms with E-state index in [0.29, 0.717) is 31.1 Å². The summed E-state index contributed by atoms with van der Waals surface area (Å²) in [6.45, 7) is 2.28. The van der Waals surface area contributed by atoms with Crippen molar-refractivity contribution >= 4 is 34.9 Å². The van der Waals surface area contributed by atoms with E-state index in [1.54, 1.807) is 0 Å². The van der Waals surface area contributed by atoms with Crippen LogP contribution in [0.15, 0.2) is 12.1 Å². The number of rotatable bonds is 6. The topological polar surface area (TPSA) is 120 Å². The number of ether oxygens (including phenoxy) is 1. The first kappa shape index (κ1) is 25.6. The van der Waals surface area contributed by atoms with Crippen molar-refractivity contribution in [2.75, 3.05) is 23.8 Å². The molecular formula is C20H22ClF4N5O4. The molecule has 186 valence electrons. The number of carbonyl (C=O) groups is 2. The summed E-state index contributed by atoms with van der Waals surface area (Å²) in [4.78, 5) is 26.6. The molecule has 9 nitrogen and oxygen atoms in total. The van der Waals surface area contributed by atoms with Gasteiger partial charge in [0.25, 0.3) is 5.91 Å². The number of halogens is 5. The second-order valence-electron chi connectivity index (χ2n) is 7.70. The van der Waals surface area contributed by atoms with E-state index >= 15 is 0 Å². The molecule has 1 saturated heterocycles. The maximum atomic E-state index is 14.8. The lowest BCUT2D eigenvalue weighted by Gasteiger charge is -2.24. The van der Waals surface area contributed by atoms with Crippen LogP contribution < -0.4 is 15.4 Å². The lowest BCUT2D eigenvalue weighted by atomic mass is 10.1. The van der Waals surface area contributed by atoms with Crippen LogP contribution >= 0.6 is 11.6 Å². The molecule has 1 aliphatic rings. The molecule has 1 aliphatic heterocycles. The van der Waals surface area contributed by atoms with Crippen LogP contribution in [0.1, 0.15) is 35.8 Å². The van der Waals surface area contributed by atoms with Gasteiger partial charge >= 0.3 is 12.2 Å². The first-order valence-corrected chi connectivity index (χ1v) is 10.6. The second kappa shape index (κ2) is 10.1. The van der Waals surface area contributed by atoms with Crippen molar-refractivity contribution in [3.05, 3.63) is 34.4 Å². The van der Waals surface area contributed by atoms with E-state index in [-0.39, 0.29) is 17.4 Å². The average molecular weight is 508 g/mol. The van der Waals surface area contributed by atoms with Gasteiger partial charge in [-0.1, -0.05) is 11.6 Å². The minimum absolute atomic E-state index is 0.0587. The van der Waals surface area contributed by atoms with Crippen LogP contribution in [0, 0.1) is 12.7 Å². The number of alkyl halides is 3. The molecule has 2 atom stereocenters. The molecule has 2 aromatic rings. The molecule has 0 saturated carbocycles. The highest BCUT2D eigenvalue weighted by atomic mass is 35.5. The first-order chi connectivity index (χ1) is 15.9. The summed E-state index contributed by atoms with van der Waals surface area (Å²) in [5.74, 6) is -2.70. The lowest BCUT2D eigenvalue weighted by Crippen LogP contribution is -2.40. The van der Waals surface area contributed by atoms with Gasteiger partial charge in [0.2, 0.25) is 0 Å².